The SMILES string of the molecule is OCC1CCCN1CC1CCCN1CCOc1ccc(Cl)cc1. The van der Waals surface area contributed by atoms with Gasteiger partial charge < -0.3 is 9.84 Å². The van der Waals surface area contributed by atoms with Gasteiger partial charge in [-0.05, 0) is 63.0 Å². The summed E-state index contributed by atoms with van der Waals surface area (Å²) in [6.07, 6.45) is 4.89. The van der Waals surface area contributed by atoms with Crippen molar-refractivity contribution in [2.75, 3.05) is 39.4 Å². The van der Waals surface area contributed by atoms with Crippen LogP contribution in [0.3, 0.4) is 0 Å². The summed E-state index contributed by atoms with van der Waals surface area (Å²) in [5.41, 5.74) is 0. The Morgan fingerprint density at radius 1 is 1.04 bits per heavy atom. The Labute approximate surface area is 144 Å². The third-order valence-corrected chi connectivity index (χ3v) is 5.37. The Morgan fingerprint density at radius 2 is 1.74 bits per heavy atom. The molecule has 1 N–H and O–H groups in total. The van der Waals surface area contributed by atoms with Gasteiger partial charge in [-0.3, -0.25) is 9.80 Å². The molecule has 2 aliphatic heterocycles. The standard InChI is InChI=1S/C18H27ClN2O2/c19-15-5-7-18(8-6-15)23-12-11-20-9-1-3-16(20)13-21-10-2-4-17(21)14-22/h5-8,16-17,22H,1-4,9-14H2. The highest BCUT2D eigenvalue weighted by molar-refractivity contribution is 6.30. The van der Waals surface area contributed by atoms with Crippen molar-refractivity contribution in [1.82, 2.24) is 9.80 Å². The summed E-state index contributed by atoms with van der Waals surface area (Å²) >= 11 is 5.89. The van der Waals surface area contributed by atoms with Gasteiger partial charge in [-0.1, -0.05) is 11.6 Å². The lowest BCUT2D eigenvalue weighted by atomic mass is 10.2. The lowest BCUT2D eigenvalue weighted by molar-refractivity contribution is 0.115. The number of ether oxygens (including phenoxy) is 1. The first-order valence-electron chi connectivity index (χ1n) is 8.73. The number of hydrogen-bond donors (Lipinski definition) is 1. The zero-order valence-corrected chi connectivity index (χ0v) is 14.4. The number of aliphatic hydroxyl groups excluding tert-OH is 1. The fraction of sp³-hybridized carbons (Fsp3) is 0.667. The van der Waals surface area contributed by atoms with E-state index in [0.717, 1.165) is 43.4 Å². The number of likely N-dealkylation sites (tertiary alicyclic amines) is 2. The van der Waals surface area contributed by atoms with Gasteiger partial charge in [0.2, 0.25) is 0 Å². The van der Waals surface area contributed by atoms with Crippen molar-refractivity contribution in [3.63, 3.8) is 0 Å². The van der Waals surface area contributed by atoms with Gasteiger partial charge in [-0.15, -0.1) is 0 Å². The third-order valence-electron chi connectivity index (χ3n) is 5.12. The van der Waals surface area contributed by atoms with E-state index < -0.39 is 0 Å². The number of benzene rings is 1. The van der Waals surface area contributed by atoms with Crippen molar-refractivity contribution >= 4 is 11.6 Å². The molecule has 0 bridgehead atoms. The van der Waals surface area contributed by atoms with Gasteiger partial charge >= 0.3 is 0 Å². The van der Waals surface area contributed by atoms with Gasteiger partial charge in [-0.2, -0.15) is 0 Å². The molecular formula is C18H27ClN2O2. The quantitative estimate of drug-likeness (QED) is 0.829. The predicted molar refractivity (Wildman–Crippen MR) is 93.2 cm³/mol. The zero-order chi connectivity index (χ0) is 16.1. The van der Waals surface area contributed by atoms with E-state index in [1.807, 2.05) is 24.3 Å². The first-order valence-corrected chi connectivity index (χ1v) is 9.11. The van der Waals surface area contributed by atoms with Crippen molar-refractivity contribution < 1.29 is 9.84 Å². The molecule has 1 aromatic rings. The minimum atomic E-state index is 0.298. The molecule has 2 unspecified atom stereocenters. The molecule has 128 valence electrons. The molecular weight excluding hydrogens is 312 g/mol. The summed E-state index contributed by atoms with van der Waals surface area (Å²) in [7, 11) is 0. The van der Waals surface area contributed by atoms with Crippen LogP contribution in [0.25, 0.3) is 0 Å². The normalized spacial score (nSPS) is 26.0. The lowest BCUT2D eigenvalue weighted by Gasteiger charge is -2.31. The van der Waals surface area contributed by atoms with Crippen LogP contribution < -0.4 is 4.74 Å². The number of halogens is 1. The molecule has 23 heavy (non-hydrogen) atoms. The molecule has 0 radical (unpaired) electrons. The maximum Gasteiger partial charge on any atom is 0.119 e. The highest BCUT2D eigenvalue weighted by Gasteiger charge is 2.30. The second-order valence-corrected chi connectivity index (χ2v) is 7.04. The molecule has 2 heterocycles. The molecule has 0 aliphatic carbocycles. The number of hydrogen-bond acceptors (Lipinski definition) is 4. The number of rotatable bonds is 7. The monoisotopic (exact) mass is 338 g/mol. The molecule has 3 rings (SSSR count). The van der Waals surface area contributed by atoms with E-state index in [2.05, 4.69) is 9.80 Å². The van der Waals surface area contributed by atoms with Gasteiger partial charge in [0.05, 0.1) is 6.61 Å². The lowest BCUT2D eigenvalue weighted by Crippen LogP contribution is -2.44. The largest absolute Gasteiger partial charge is 0.492 e. The van der Waals surface area contributed by atoms with E-state index >= 15 is 0 Å². The van der Waals surface area contributed by atoms with Crippen molar-refractivity contribution in [1.29, 1.82) is 0 Å². The van der Waals surface area contributed by atoms with E-state index in [1.165, 1.54) is 19.3 Å². The van der Waals surface area contributed by atoms with Gasteiger partial charge in [0.1, 0.15) is 12.4 Å². The van der Waals surface area contributed by atoms with Crippen LogP contribution in [0.2, 0.25) is 5.02 Å². The molecule has 2 saturated heterocycles. The molecule has 1 aromatic carbocycles. The molecule has 2 atom stereocenters. The van der Waals surface area contributed by atoms with Gasteiger partial charge in [-0.25, -0.2) is 0 Å². The minimum Gasteiger partial charge on any atom is -0.492 e. The van der Waals surface area contributed by atoms with Crippen molar-refractivity contribution in [3.05, 3.63) is 29.3 Å². The highest BCUT2D eigenvalue weighted by atomic mass is 35.5. The topological polar surface area (TPSA) is 35.9 Å². The Morgan fingerprint density at radius 3 is 2.48 bits per heavy atom. The first-order chi connectivity index (χ1) is 11.3. The molecule has 2 aliphatic rings. The van der Waals surface area contributed by atoms with E-state index in [4.69, 9.17) is 16.3 Å². The first kappa shape index (κ1) is 17.0. The van der Waals surface area contributed by atoms with E-state index in [1.54, 1.807) is 0 Å². The van der Waals surface area contributed by atoms with Crippen LogP contribution in [0.5, 0.6) is 5.75 Å². The summed E-state index contributed by atoms with van der Waals surface area (Å²) in [5, 5.41) is 10.2. The van der Waals surface area contributed by atoms with Crippen molar-refractivity contribution in [2.45, 2.75) is 37.8 Å². The predicted octanol–water partition coefficient (Wildman–Crippen LogP) is 2.64. The average molecular weight is 339 g/mol. The van der Waals surface area contributed by atoms with E-state index in [-0.39, 0.29) is 0 Å². The second kappa shape index (κ2) is 8.34. The summed E-state index contributed by atoms with van der Waals surface area (Å²) in [4.78, 5) is 5.02. The summed E-state index contributed by atoms with van der Waals surface area (Å²) in [5.74, 6) is 0.880. The average Bonchev–Trinajstić information content (AvgIpc) is 3.19. The Bertz CT molecular complexity index is 482. The van der Waals surface area contributed by atoms with E-state index in [9.17, 15) is 5.11 Å². The summed E-state index contributed by atoms with van der Waals surface area (Å²) in [6, 6.07) is 8.54. The summed E-state index contributed by atoms with van der Waals surface area (Å²) < 4.78 is 5.83. The Kier molecular flexibility index (Phi) is 6.17. The fourth-order valence-corrected chi connectivity index (χ4v) is 3.95. The van der Waals surface area contributed by atoms with Crippen LogP contribution in [-0.4, -0.2) is 66.4 Å². The van der Waals surface area contributed by atoms with Crippen molar-refractivity contribution in [3.8, 4) is 5.75 Å². The molecule has 4 nitrogen and oxygen atoms in total. The van der Waals surface area contributed by atoms with Crippen LogP contribution in [0.15, 0.2) is 24.3 Å². The fourth-order valence-electron chi connectivity index (χ4n) is 3.82. The van der Waals surface area contributed by atoms with Crippen LogP contribution >= 0.6 is 11.6 Å². The second-order valence-electron chi connectivity index (χ2n) is 6.61. The highest BCUT2D eigenvalue weighted by Crippen LogP contribution is 2.23. The maximum atomic E-state index is 9.48. The van der Waals surface area contributed by atoms with Crippen LogP contribution in [0, 0.1) is 0 Å². The number of aliphatic hydroxyl groups is 1. The third kappa shape index (κ3) is 4.60. The number of nitrogens with zero attached hydrogens (tertiary/aromatic N) is 2. The molecule has 0 aromatic heterocycles. The molecule has 0 saturated carbocycles. The van der Waals surface area contributed by atoms with Gasteiger partial charge in [0.15, 0.2) is 0 Å². The smallest absolute Gasteiger partial charge is 0.119 e. The van der Waals surface area contributed by atoms with Crippen LogP contribution in [0.1, 0.15) is 25.7 Å². The minimum absolute atomic E-state index is 0.298. The molecule has 0 amide bonds. The van der Waals surface area contributed by atoms with Crippen molar-refractivity contribution in [2.24, 2.45) is 0 Å². The Hall–Kier alpha value is -0.810. The maximum absolute atomic E-state index is 9.48. The zero-order valence-electron chi connectivity index (χ0n) is 13.7. The molecule has 5 heteroatoms. The van der Waals surface area contributed by atoms with Gasteiger partial charge in [0, 0.05) is 30.2 Å². The molecule has 0 spiro atoms. The van der Waals surface area contributed by atoms with Gasteiger partial charge in [0.25, 0.3) is 0 Å². The Balaban J connectivity index is 1.44. The van der Waals surface area contributed by atoms with Crippen LogP contribution in [-0.2, 0) is 0 Å². The summed E-state index contributed by atoms with van der Waals surface area (Å²) in [6.45, 7) is 5.36. The van der Waals surface area contributed by atoms with Crippen LogP contribution in [0.4, 0.5) is 0 Å². The molecule has 2 fully saturated rings. The van der Waals surface area contributed by atoms with E-state index in [0.29, 0.717) is 25.3 Å².